The van der Waals surface area contributed by atoms with E-state index < -0.39 is 16.8 Å². The Labute approximate surface area is 184 Å². The van der Waals surface area contributed by atoms with Crippen LogP contribution in [0.5, 0.6) is 5.75 Å². The smallest absolute Gasteiger partial charge is 0.327 e. The number of nitrogens with zero attached hydrogens (tertiary/aromatic N) is 2. The zero-order valence-corrected chi connectivity index (χ0v) is 18.3. The molecule has 2 atom stereocenters. The first-order valence-electron chi connectivity index (χ1n) is 10.1. The number of esters is 1. The van der Waals surface area contributed by atoms with Crippen LogP contribution in [0, 0.1) is 5.92 Å². The lowest BCUT2D eigenvalue weighted by Gasteiger charge is -2.42. The molecule has 2 heterocycles. The lowest BCUT2D eigenvalue weighted by molar-refractivity contribution is -0.177. The van der Waals surface area contributed by atoms with Gasteiger partial charge in [-0.15, -0.1) is 0 Å². The highest BCUT2D eigenvalue weighted by molar-refractivity contribution is 8.01. The third-order valence-electron chi connectivity index (χ3n) is 6.06. The third-order valence-corrected chi connectivity index (χ3v) is 7.46. The first-order chi connectivity index (χ1) is 14.5. The summed E-state index contributed by atoms with van der Waals surface area (Å²) >= 11 is 7.33. The van der Waals surface area contributed by atoms with E-state index in [1.807, 2.05) is 18.2 Å². The maximum absolute atomic E-state index is 13.0. The topological polar surface area (TPSA) is 94.2 Å². The van der Waals surface area contributed by atoms with Crippen LogP contribution in [0.25, 0.3) is 0 Å². The summed E-state index contributed by atoms with van der Waals surface area (Å²) in [6.07, 6.45) is 7.00. The number of Topliss-reactive ketones (excluding diaryl/α,β-unsaturated/α-hetero) is 1. The first kappa shape index (κ1) is 21.2. The Balaban J connectivity index is 1.52. The van der Waals surface area contributed by atoms with Crippen molar-refractivity contribution in [2.24, 2.45) is 5.92 Å². The predicted octanol–water partition coefficient (Wildman–Crippen LogP) is 4.01. The van der Waals surface area contributed by atoms with Crippen molar-refractivity contribution in [1.82, 2.24) is 15.2 Å². The van der Waals surface area contributed by atoms with E-state index >= 15 is 0 Å². The van der Waals surface area contributed by atoms with Crippen molar-refractivity contribution in [2.75, 3.05) is 7.11 Å². The number of H-pyrrole nitrogens is 1. The molecule has 0 amide bonds. The van der Waals surface area contributed by atoms with Gasteiger partial charge in [0.2, 0.25) is 0 Å². The second-order valence-corrected chi connectivity index (χ2v) is 9.37. The molecule has 2 aromatic rings. The number of nitrogens with one attached hydrogen (secondary N) is 1. The number of carbonyl (C=O) groups excluding carboxylic acids is 2. The number of aryl methyl sites for hydroxylation is 1. The number of ether oxygens (including phenoxy) is 2. The second kappa shape index (κ2) is 8.98. The number of methoxy groups -OCH3 is 1. The summed E-state index contributed by atoms with van der Waals surface area (Å²) < 4.78 is 11.3. The molecular formula is C21H24ClN3O4S. The van der Waals surface area contributed by atoms with Gasteiger partial charge in [-0.3, -0.25) is 14.7 Å². The Kier molecular flexibility index (Phi) is 6.34. The molecule has 2 fully saturated rings. The van der Waals surface area contributed by atoms with E-state index in [0.29, 0.717) is 28.8 Å². The van der Waals surface area contributed by atoms with Gasteiger partial charge < -0.3 is 9.47 Å². The van der Waals surface area contributed by atoms with Crippen LogP contribution in [0.15, 0.2) is 29.7 Å². The van der Waals surface area contributed by atoms with E-state index in [0.717, 1.165) is 43.0 Å². The largest absolute Gasteiger partial charge is 0.495 e. The summed E-state index contributed by atoms with van der Waals surface area (Å²) in [5.41, 5.74) is 0.273. The molecule has 2 unspecified atom stereocenters. The summed E-state index contributed by atoms with van der Waals surface area (Å²) in [6.45, 7) is 0. The van der Waals surface area contributed by atoms with E-state index in [-0.39, 0.29) is 18.1 Å². The maximum Gasteiger partial charge on any atom is 0.327 e. The Morgan fingerprint density at radius 1 is 1.33 bits per heavy atom. The van der Waals surface area contributed by atoms with Crippen LogP contribution in [0.4, 0.5) is 0 Å². The number of hydrogen-bond acceptors (Lipinski definition) is 7. The molecule has 4 rings (SSSR count). The molecule has 7 nitrogen and oxygen atoms in total. The number of thioether (sulfide) groups is 1. The number of ketones is 1. The fourth-order valence-electron chi connectivity index (χ4n) is 4.53. The molecule has 0 spiro atoms. The zero-order valence-electron chi connectivity index (χ0n) is 16.7. The fourth-order valence-corrected chi connectivity index (χ4v) is 5.61. The highest BCUT2D eigenvalue weighted by Gasteiger charge is 2.51. The highest BCUT2D eigenvalue weighted by atomic mass is 35.5. The standard InChI is InChI=1S/C21H24ClN3O4S/c1-28-17-7-6-13(10-15(17)22)8-9-21(14-4-2-3-5-14)11-16(26)18(19(27)29-21)30-20-23-12-24-25-20/h6-7,10,12,14,18H,2-5,8-9,11H2,1H3,(H,23,24,25). The van der Waals surface area contributed by atoms with Crippen LogP contribution < -0.4 is 4.74 Å². The SMILES string of the molecule is COc1ccc(CCC2(C3CCCC3)CC(=O)C(Sc3ncn[nH]3)C(=O)O2)cc1Cl. The third kappa shape index (κ3) is 4.34. The van der Waals surface area contributed by atoms with Gasteiger partial charge in [-0.05, 0) is 49.3 Å². The number of rotatable bonds is 7. The number of aromatic nitrogens is 3. The average Bonchev–Trinajstić information content (AvgIpc) is 3.44. The van der Waals surface area contributed by atoms with Crippen molar-refractivity contribution in [3.05, 3.63) is 35.1 Å². The summed E-state index contributed by atoms with van der Waals surface area (Å²) in [5, 5.41) is 6.54. The molecule has 30 heavy (non-hydrogen) atoms. The van der Waals surface area contributed by atoms with E-state index in [4.69, 9.17) is 21.1 Å². The summed E-state index contributed by atoms with van der Waals surface area (Å²) in [7, 11) is 1.58. The van der Waals surface area contributed by atoms with Gasteiger partial charge in [0.05, 0.1) is 12.1 Å². The Bertz CT molecular complexity index is 897. The van der Waals surface area contributed by atoms with Crippen LogP contribution in [0.1, 0.15) is 44.1 Å². The summed E-state index contributed by atoms with van der Waals surface area (Å²) in [5.74, 6) is 0.243. The van der Waals surface area contributed by atoms with Gasteiger partial charge in [0.25, 0.3) is 0 Å². The molecule has 160 valence electrons. The molecule has 9 heteroatoms. The van der Waals surface area contributed by atoms with Gasteiger partial charge in [-0.2, -0.15) is 5.10 Å². The molecule has 0 radical (unpaired) electrons. The van der Waals surface area contributed by atoms with Gasteiger partial charge >= 0.3 is 5.97 Å². The monoisotopic (exact) mass is 449 g/mol. The van der Waals surface area contributed by atoms with Crippen LogP contribution in [-0.2, 0) is 20.7 Å². The van der Waals surface area contributed by atoms with Crippen LogP contribution in [0.2, 0.25) is 5.02 Å². The van der Waals surface area contributed by atoms with Crippen molar-refractivity contribution >= 4 is 35.1 Å². The molecule has 1 aliphatic heterocycles. The van der Waals surface area contributed by atoms with Gasteiger partial charge in [0, 0.05) is 6.42 Å². The second-order valence-electron chi connectivity index (χ2n) is 7.87. The summed E-state index contributed by atoms with van der Waals surface area (Å²) in [6, 6.07) is 5.67. The molecule has 1 saturated heterocycles. The van der Waals surface area contributed by atoms with E-state index in [1.165, 1.54) is 6.33 Å². The van der Waals surface area contributed by atoms with Gasteiger partial charge in [0.1, 0.15) is 17.7 Å². The minimum atomic E-state index is -0.900. The molecular weight excluding hydrogens is 426 g/mol. The highest BCUT2D eigenvalue weighted by Crippen LogP contribution is 2.45. The number of cyclic esters (lactones) is 1. The molecule has 0 bridgehead atoms. The number of aromatic amines is 1. The number of hydrogen-bond donors (Lipinski definition) is 1. The van der Waals surface area contributed by atoms with Crippen molar-refractivity contribution < 1.29 is 19.1 Å². The normalized spacial score (nSPS) is 24.8. The maximum atomic E-state index is 13.0. The Morgan fingerprint density at radius 3 is 2.77 bits per heavy atom. The molecule has 1 N–H and O–H groups in total. The van der Waals surface area contributed by atoms with Crippen LogP contribution in [-0.4, -0.2) is 44.9 Å². The first-order valence-corrected chi connectivity index (χ1v) is 11.4. The summed E-state index contributed by atoms with van der Waals surface area (Å²) in [4.78, 5) is 29.9. The Morgan fingerprint density at radius 2 is 2.13 bits per heavy atom. The minimum absolute atomic E-state index is 0.104. The molecule has 1 saturated carbocycles. The van der Waals surface area contributed by atoms with Crippen molar-refractivity contribution in [1.29, 1.82) is 0 Å². The number of halogens is 1. The molecule has 1 aromatic heterocycles. The zero-order chi connectivity index (χ0) is 21.1. The van der Waals surface area contributed by atoms with Crippen molar-refractivity contribution in [2.45, 2.75) is 61.0 Å². The van der Waals surface area contributed by atoms with Crippen molar-refractivity contribution in [3.63, 3.8) is 0 Å². The van der Waals surface area contributed by atoms with Gasteiger partial charge in [-0.25, -0.2) is 4.98 Å². The quantitative estimate of drug-likeness (QED) is 0.504. The fraction of sp³-hybridized carbons (Fsp3) is 0.524. The predicted molar refractivity (Wildman–Crippen MR) is 113 cm³/mol. The van der Waals surface area contributed by atoms with Gasteiger partial charge in [-0.1, -0.05) is 42.3 Å². The lowest BCUT2D eigenvalue weighted by Crippen LogP contribution is -2.53. The van der Waals surface area contributed by atoms with Crippen LogP contribution in [0.3, 0.4) is 0 Å². The lowest BCUT2D eigenvalue weighted by atomic mass is 9.76. The van der Waals surface area contributed by atoms with Crippen molar-refractivity contribution in [3.8, 4) is 5.75 Å². The molecule has 1 aliphatic carbocycles. The molecule has 1 aromatic carbocycles. The van der Waals surface area contributed by atoms with E-state index in [1.54, 1.807) is 7.11 Å². The Hall–Kier alpha value is -2.06. The van der Waals surface area contributed by atoms with Crippen LogP contribution >= 0.6 is 23.4 Å². The number of benzene rings is 1. The minimum Gasteiger partial charge on any atom is -0.495 e. The molecule has 2 aliphatic rings. The van der Waals surface area contributed by atoms with E-state index in [2.05, 4.69) is 15.2 Å². The van der Waals surface area contributed by atoms with Gasteiger partial charge in [0.15, 0.2) is 16.2 Å². The van der Waals surface area contributed by atoms with E-state index in [9.17, 15) is 9.59 Å². The average molecular weight is 450 g/mol. The number of carbonyl (C=O) groups is 2.